The largest absolute Gasteiger partial charge is 0.490 e. The molecule has 2 aliphatic rings. The van der Waals surface area contributed by atoms with Crippen LogP contribution in [-0.2, 0) is 0 Å². The zero-order valence-electron chi connectivity index (χ0n) is 11.8. The van der Waals surface area contributed by atoms with Crippen LogP contribution in [0.3, 0.4) is 0 Å². The second-order valence-corrected chi connectivity index (χ2v) is 5.60. The van der Waals surface area contributed by atoms with E-state index in [0.29, 0.717) is 17.6 Å². The lowest BCUT2D eigenvalue weighted by Crippen LogP contribution is -2.40. The van der Waals surface area contributed by atoms with Crippen LogP contribution in [0.5, 0.6) is 5.75 Å². The first-order chi connectivity index (χ1) is 10.1. The maximum absolute atomic E-state index is 14.2. The molecule has 0 aromatic heterocycles. The highest BCUT2D eigenvalue weighted by Crippen LogP contribution is 2.37. The van der Waals surface area contributed by atoms with Gasteiger partial charge in [-0.1, -0.05) is 0 Å². The van der Waals surface area contributed by atoms with Gasteiger partial charge in [0.25, 0.3) is 0 Å². The van der Waals surface area contributed by atoms with Gasteiger partial charge in [0.2, 0.25) is 0 Å². The van der Waals surface area contributed by atoms with Crippen molar-refractivity contribution in [2.24, 2.45) is 5.92 Å². The zero-order chi connectivity index (χ0) is 15.0. The average molecular weight is 295 g/mol. The molecule has 1 aromatic carbocycles. The molecule has 0 spiro atoms. The third-order valence-electron chi connectivity index (χ3n) is 4.38. The molecule has 1 N–H and O–H groups in total. The van der Waals surface area contributed by atoms with Gasteiger partial charge in [-0.2, -0.15) is 0 Å². The molecule has 0 saturated carbocycles. The summed E-state index contributed by atoms with van der Waals surface area (Å²) in [6.45, 7) is 2.50. The number of benzene rings is 1. The van der Waals surface area contributed by atoms with E-state index in [-0.39, 0.29) is 11.4 Å². The van der Waals surface area contributed by atoms with Gasteiger partial charge in [-0.25, -0.2) is 4.39 Å². The maximum Gasteiger partial charge on any atom is 0.313 e. The highest BCUT2D eigenvalue weighted by molar-refractivity contribution is 5.61. The Balaban J connectivity index is 1.90. The van der Waals surface area contributed by atoms with E-state index in [1.54, 1.807) is 0 Å². The molecule has 114 valence electrons. The van der Waals surface area contributed by atoms with Crippen molar-refractivity contribution in [2.75, 3.05) is 31.6 Å². The van der Waals surface area contributed by atoms with Gasteiger partial charge >= 0.3 is 5.69 Å². The van der Waals surface area contributed by atoms with E-state index >= 15 is 0 Å². The Labute approximate surface area is 122 Å². The van der Waals surface area contributed by atoms with Crippen molar-refractivity contribution in [1.82, 2.24) is 5.32 Å². The van der Waals surface area contributed by atoms with Crippen molar-refractivity contribution in [2.45, 2.75) is 18.9 Å². The van der Waals surface area contributed by atoms with E-state index in [1.807, 2.05) is 4.90 Å². The quantitative estimate of drug-likeness (QED) is 0.681. The second-order valence-electron chi connectivity index (χ2n) is 5.60. The summed E-state index contributed by atoms with van der Waals surface area (Å²) in [6, 6.07) is 2.76. The standard InChI is InChI=1S/C14H18FN3O3/c1-21-14-6-12(10(15)5-13(14)18(19)20)17-7-9-3-2-4-16-11(9)8-17/h5-6,9,11,16H,2-4,7-8H2,1H3. The predicted molar refractivity (Wildman–Crippen MR) is 76.3 cm³/mol. The van der Waals surface area contributed by atoms with E-state index in [9.17, 15) is 14.5 Å². The second kappa shape index (κ2) is 5.48. The lowest BCUT2D eigenvalue weighted by molar-refractivity contribution is -0.385. The van der Waals surface area contributed by atoms with Crippen molar-refractivity contribution in [3.63, 3.8) is 0 Å². The minimum Gasteiger partial charge on any atom is -0.490 e. The molecule has 0 radical (unpaired) electrons. The molecule has 2 aliphatic heterocycles. The van der Waals surface area contributed by atoms with Crippen molar-refractivity contribution in [3.8, 4) is 5.75 Å². The maximum atomic E-state index is 14.2. The molecule has 2 unspecified atom stereocenters. The number of rotatable bonds is 3. The average Bonchev–Trinajstić information content (AvgIpc) is 2.90. The molecule has 2 atom stereocenters. The summed E-state index contributed by atoms with van der Waals surface area (Å²) in [5.41, 5.74) is 0.0436. The smallest absolute Gasteiger partial charge is 0.313 e. The van der Waals surface area contributed by atoms with Gasteiger partial charge in [0, 0.05) is 25.2 Å². The number of methoxy groups -OCH3 is 1. The van der Waals surface area contributed by atoms with Gasteiger partial charge in [0.05, 0.1) is 23.8 Å². The molecular weight excluding hydrogens is 277 g/mol. The van der Waals surface area contributed by atoms with E-state index in [0.717, 1.165) is 38.5 Å². The van der Waals surface area contributed by atoms with Crippen molar-refractivity contribution in [3.05, 3.63) is 28.1 Å². The molecule has 2 fully saturated rings. The van der Waals surface area contributed by atoms with Gasteiger partial charge in [-0.3, -0.25) is 10.1 Å². The van der Waals surface area contributed by atoms with E-state index in [1.165, 1.54) is 13.2 Å². The topological polar surface area (TPSA) is 67.6 Å². The Morgan fingerprint density at radius 3 is 2.95 bits per heavy atom. The van der Waals surface area contributed by atoms with E-state index in [2.05, 4.69) is 5.32 Å². The number of nitro groups is 1. The molecular formula is C14H18FN3O3. The summed E-state index contributed by atoms with van der Waals surface area (Å²) < 4.78 is 19.3. The fraction of sp³-hybridized carbons (Fsp3) is 0.571. The first-order valence-corrected chi connectivity index (χ1v) is 7.10. The van der Waals surface area contributed by atoms with Crippen LogP contribution < -0.4 is 15.0 Å². The van der Waals surface area contributed by atoms with Crippen LogP contribution in [0, 0.1) is 21.8 Å². The lowest BCUT2D eigenvalue weighted by atomic mass is 9.94. The first kappa shape index (κ1) is 14.1. The summed E-state index contributed by atoms with van der Waals surface area (Å²) in [5.74, 6) is 0.0414. The number of nitrogens with zero attached hydrogens (tertiary/aromatic N) is 2. The SMILES string of the molecule is COc1cc(N2CC3CCCNC3C2)c(F)cc1[N+](=O)[O-]. The van der Waals surface area contributed by atoms with Crippen molar-refractivity contribution >= 4 is 11.4 Å². The van der Waals surface area contributed by atoms with Crippen LogP contribution in [0.1, 0.15) is 12.8 Å². The summed E-state index contributed by atoms with van der Waals surface area (Å²) in [5, 5.41) is 14.4. The fourth-order valence-electron chi connectivity index (χ4n) is 3.32. The van der Waals surface area contributed by atoms with Gasteiger partial charge < -0.3 is 15.0 Å². The van der Waals surface area contributed by atoms with Crippen LogP contribution in [0.4, 0.5) is 15.8 Å². The molecule has 2 heterocycles. The van der Waals surface area contributed by atoms with Gasteiger partial charge in [0.1, 0.15) is 0 Å². The Hall–Kier alpha value is -1.89. The highest BCUT2D eigenvalue weighted by atomic mass is 19.1. The third-order valence-corrected chi connectivity index (χ3v) is 4.38. The van der Waals surface area contributed by atoms with E-state index in [4.69, 9.17) is 4.74 Å². The van der Waals surface area contributed by atoms with Crippen LogP contribution in [0.15, 0.2) is 12.1 Å². The van der Waals surface area contributed by atoms with E-state index < -0.39 is 10.7 Å². The van der Waals surface area contributed by atoms with Crippen LogP contribution in [0.25, 0.3) is 0 Å². The van der Waals surface area contributed by atoms with Gasteiger partial charge in [-0.05, 0) is 25.3 Å². The van der Waals surface area contributed by atoms with Crippen LogP contribution in [0.2, 0.25) is 0 Å². The molecule has 2 saturated heterocycles. The Morgan fingerprint density at radius 2 is 2.29 bits per heavy atom. The van der Waals surface area contributed by atoms with Crippen LogP contribution in [-0.4, -0.2) is 37.7 Å². The molecule has 3 rings (SSSR count). The molecule has 7 heteroatoms. The number of hydrogen-bond acceptors (Lipinski definition) is 5. The number of nitro benzene ring substituents is 1. The molecule has 1 aromatic rings. The van der Waals surface area contributed by atoms with Crippen molar-refractivity contribution < 1.29 is 14.1 Å². The summed E-state index contributed by atoms with van der Waals surface area (Å²) >= 11 is 0. The molecule has 0 bridgehead atoms. The summed E-state index contributed by atoms with van der Waals surface area (Å²) in [4.78, 5) is 12.2. The van der Waals surface area contributed by atoms with Crippen LogP contribution >= 0.6 is 0 Å². The Morgan fingerprint density at radius 1 is 1.48 bits per heavy atom. The van der Waals surface area contributed by atoms with Crippen molar-refractivity contribution in [1.29, 1.82) is 0 Å². The third kappa shape index (κ3) is 2.53. The number of piperidine rings is 1. The Bertz CT molecular complexity index is 553. The minimum atomic E-state index is -0.628. The number of hydrogen-bond donors (Lipinski definition) is 1. The number of halogens is 1. The zero-order valence-corrected chi connectivity index (χ0v) is 11.8. The molecule has 6 nitrogen and oxygen atoms in total. The minimum absolute atomic E-state index is 0.0965. The first-order valence-electron chi connectivity index (χ1n) is 7.10. The number of anilines is 1. The normalized spacial score (nSPS) is 24.8. The summed E-state index contributed by atoms with van der Waals surface area (Å²) in [7, 11) is 1.36. The monoisotopic (exact) mass is 295 g/mol. The molecule has 21 heavy (non-hydrogen) atoms. The Kier molecular flexibility index (Phi) is 3.67. The van der Waals surface area contributed by atoms with Gasteiger partial charge in [0.15, 0.2) is 11.6 Å². The summed E-state index contributed by atoms with van der Waals surface area (Å²) in [6.07, 6.45) is 2.28. The highest BCUT2D eigenvalue weighted by Gasteiger charge is 2.36. The molecule has 0 aliphatic carbocycles. The number of ether oxygens (including phenoxy) is 1. The fourth-order valence-corrected chi connectivity index (χ4v) is 3.32. The van der Waals surface area contributed by atoms with Gasteiger partial charge in [-0.15, -0.1) is 0 Å². The molecule has 0 amide bonds. The lowest BCUT2D eigenvalue weighted by Gasteiger charge is -2.24. The number of fused-ring (bicyclic) bond motifs is 1. The predicted octanol–water partition coefficient (Wildman–Crippen LogP) is 1.93. The number of nitrogens with one attached hydrogen (secondary N) is 1.